The third kappa shape index (κ3) is 3.55. The van der Waals surface area contributed by atoms with Gasteiger partial charge in [-0.05, 0) is 76.6 Å². The van der Waals surface area contributed by atoms with E-state index in [4.69, 9.17) is 4.74 Å². The van der Waals surface area contributed by atoms with Crippen molar-refractivity contribution in [3.63, 3.8) is 0 Å². The second kappa shape index (κ2) is 7.17. The fourth-order valence-electron chi connectivity index (χ4n) is 3.97. The smallest absolute Gasteiger partial charge is 0.127 e. The van der Waals surface area contributed by atoms with E-state index in [0.29, 0.717) is 5.75 Å². The van der Waals surface area contributed by atoms with Gasteiger partial charge in [0.15, 0.2) is 0 Å². The Hall–Kier alpha value is -0.870. The molecule has 2 aliphatic rings. The van der Waals surface area contributed by atoms with Crippen molar-refractivity contribution in [3.8, 4) is 11.5 Å². The highest BCUT2D eigenvalue weighted by molar-refractivity contribution is 7.99. The predicted molar refractivity (Wildman–Crippen MR) is 103 cm³/mol. The molecule has 0 bridgehead atoms. The molecule has 1 unspecified atom stereocenters. The van der Waals surface area contributed by atoms with Crippen LogP contribution < -0.4 is 4.74 Å². The number of rotatable bonds is 4. The first kappa shape index (κ1) is 17.9. The highest BCUT2D eigenvalue weighted by Gasteiger charge is 2.34. The first-order chi connectivity index (χ1) is 11.4. The fourth-order valence-corrected chi connectivity index (χ4v) is 4.95. The van der Waals surface area contributed by atoms with E-state index in [9.17, 15) is 5.11 Å². The summed E-state index contributed by atoms with van der Waals surface area (Å²) < 4.78 is 6.52. The third-order valence-corrected chi connectivity index (χ3v) is 6.82. The lowest BCUT2D eigenvalue weighted by Gasteiger charge is -2.38. The number of fused-ring (bicyclic) bond motifs is 1. The number of phenolic OH excluding ortho intramolecular Hbond substituents is 1. The van der Waals surface area contributed by atoms with E-state index in [0.717, 1.165) is 41.7 Å². The minimum Gasteiger partial charge on any atom is -0.507 e. The molecule has 1 saturated heterocycles. The van der Waals surface area contributed by atoms with E-state index in [2.05, 4.69) is 30.5 Å². The molecule has 3 nitrogen and oxygen atoms in total. The van der Waals surface area contributed by atoms with Crippen LogP contribution in [0.2, 0.25) is 0 Å². The number of ether oxygens (including phenoxy) is 1. The lowest BCUT2D eigenvalue weighted by atomic mass is 9.85. The molecule has 0 amide bonds. The van der Waals surface area contributed by atoms with Crippen LogP contribution in [0, 0.1) is 20.8 Å². The zero-order valence-corrected chi connectivity index (χ0v) is 16.4. The van der Waals surface area contributed by atoms with Gasteiger partial charge in [0.2, 0.25) is 0 Å². The van der Waals surface area contributed by atoms with Crippen LogP contribution in [0.1, 0.15) is 48.4 Å². The number of nitrogens with zero attached hydrogens (tertiary/aromatic N) is 1. The lowest BCUT2D eigenvalue weighted by molar-refractivity contribution is 0.0500. The minimum atomic E-state index is -0.0713. The molecule has 1 aromatic rings. The Bertz CT molecular complexity index is 610. The van der Waals surface area contributed by atoms with Crippen LogP contribution in [0.25, 0.3) is 0 Å². The topological polar surface area (TPSA) is 32.7 Å². The van der Waals surface area contributed by atoms with Gasteiger partial charge >= 0.3 is 0 Å². The van der Waals surface area contributed by atoms with Gasteiger partial charge in [-0.1, -0.05) is 0 Å². The van der Waals surface area contributed by atoms with E-state index in [-0.39, 0.29) is 5.60 Å². The van der Waals surface area contributed by atoms with E-state index < -0.39 is 0 Å². The molecular weight excluding hydrogens is 318 g/mol. The maximum absolute atomic E-state index is 10.3. The summed E-state index contributed by atoms with van der Waals surface area (Å²) in [4.78, 5) is 2.59. The van der Waals surface area contributed by atoms with Crippen LogP contribution in [0.3, 0.4) is 0 Å². The summed E-state index contributed by atoms with van der Waals surface area (Å²) >= 11 is 2.07. The van der Waals surface area contributed by atoms with E-state index >= 15 is 0 Å². The van der Waals surface area contributed by atoms with Crippen molar-refractivity contribution >= 4 is 11.8 Å². The summed E-state index contributed by atoms with van der Waals surface area (Å²) in [6, 6.07) is 0. The number of thioether (sulfide) groups is 1. The van der Waals surface area contributed by atoms with Crippen LogP contribution in [0.4, 0.5) is 0 Å². The summed E-state index contributed by atoms with van der Waals surface area (Å²) in [5.74, 6) is 4.04. The average Bonchev–Trinajstić information content (AvgIpc) is 2.59. The summed E-state index contributed by atoms with van der Waals surface area (Å²) in [5.41, 5.74) is 4.20. The van der Waals surface area contributed by atoms with Crippen molar-refractivity contribution < 1.29 is 9.84 Å². The predicted octanol–water partition coefficient (Wildman–Crippen LogP) is 4.23. The normalized spacial score (nSPS) is 24.5. The van der Waals surface area contributed by atoms with Gasteiger partial charge in [-0.3, -0.25) is 0 Å². The lowest BCUT2D eigenvalue weighted by Crippen LogP contribution is -2.39. The maximum atomic E-state index is 10.3. The summed E-state index contributed by atoms with van der Waals surface area (Å²) in [7, 11) is 0. The van der Waals surface area contributed by atoms with E-state index in [1.807, 2.05) is 13.8 Å². The number of phenols is 1. The Kier molecular flexibility index (Phi) is 5.36. The summed E-state index contributed by atoms with van der Waals surface area (Å²) in [6.07, 6.45) is 4.35. The standard InChI is InChI=1S/C20H31NO2S/c1-14-15(2)19-17(16(3)18(14)22)6-8-20(4,23-19)7-5-9-21-10-12-24-13-11-21/h22H,5-13H2,1-4H3. The highest BCUT2D eigenvalue weighted by Crippen LogP contribution is 2.44. The second-order valence-corrected chi connectivity index (χ2v) is 8.87. The quantitative estimate of drug-likeness (QED) is 0.882. The zero-order chi connectivity index (χ0) is 17.3. The molecular formula is C20H31NO2S. The molecule has 134 valence electrons. The third-order valence-electron chi connectivity index (χ3n) is 5.88. The van der Waals surface area contributed by atoms with Crippen molar-refractivity contribution in [2.45, 2.75) is 59.0 Å². The molecule has 2 aliphatic heterocycles. The Morgan fingerprint density at radius 1 is 1.12 bits per heavy atom. The molecule has 1 aromatic carbocycles. The Morgan fingerprint density at radius 3 is 2.54 bits per heavy atom. The van der Waals surface area contributed by atoms with Gasteiger partial charge in [-0.25, -0.2) is 0 Å². The van der Waals surface area contributed by atoms with Crippen molar-refractivity contribution in [1.29, 1.82) is 0 Å². The number of hydrogen-bond acceptors (Lipinski definition) is 4. The van der Waals surface area contributed by atoms with Crippen molar-refractivity contribution in [2.24, 2.45) is 0 Å². The second-order valence-electron chi connectivity index (χ2n) is 7.64. The van der Waals surface area contributed by atoms with Crippen molar-refractivity contribution in [1.82, 2.24) is 4.90 Å². The number of benzene rings is 1. The highest BCUT2D eigenvalue weighted by atomic mass is 32.2. The molecule has 2 heterocycles. The van der Waals surface area contributed by atoms with Gasteiger partial charge < -0.3 is 14.7 Å². The minimum absolute atomic E-state index is 0.0713. The van der Waals surface area contributed by atoms with Crippen LogP contribution >= 0.6 is 11.8 Å². The fraction of sp³-hybridized carbons (Fsp3) is 0.700. The maximum Gasteiger partial charge on any atom is 0.127 e. The molecule has 0 aromatic heterocycles. The molecule has 1 N–H and O–H groups in total. The first-order valence-corrected chi connectivity index (χ1v) is 10.4. The molecule has 0 saturated carbocycles. The summed E-state index contributed by atoms with van der Waals surface area (Å²) in [6.45, 7) is 12.0. The molecule has 1 atom stereocenters. The van der Waals surface area contributed by atoms with Gasteiger partial charge in [0, 0.05) is 30.2 Å². The Labute approximate surface area is 150 Å². The molecule has 24 heavy (non-hydrogen) atoms. The van der Waals surface area contributed by atoms with Crippen LogP contribution in [0.5, 0.6) is 11.5 Å². The molecule has 4 heteroatoms. The van der Waals surface area contributed by atoms with Gasteiger partial charge in [-0.2, -0.15) is 11.8 Å². The zero-order valence-electron chi connectivity index (χ0n) is 15.6. The van der Waals surface area contributed by atoms with Crippen LogP contribution in [-0.2, 0) is 6.42 Å². The van der Waals surface area contributed by atoms with Gasteiger partial charge in [0.1, 0.15) is 17.1 Å². The van der Waals surface area contributed by atoms with Crippen molar-refractivity contribution in [3.05, 3.63) is 22.3 Å². The Balaban J connectivity index is 1.67. The van der Waals surface area contributed by atoms with Crippen molar-refractivity contribution in [2.75, 3.05) is 31.1 Å². The monoisotopic (exact) mass is 349 g/mol. The molecule has 3 rings (SSSR count). The Morgan fingerprint density at radius 2 is 1.83 bits per heavy atom. The van der Waals surface area contributed by atoms with Crippen LogP contribution in [0.15, 0.2) is 0 Å². The first-order valence-electron chi connectivity index (χ1n) is 9.22. The van der Waals surface area contributed by atoms with E-state index in [1.54, 1.807) is 0 Å². The van der Waals surface area contributed by atoms with Gasteiger partial charge in [0.05, 0.1) is 0 Å². The SMILES string of the molecule is Cc1c(C)c2c(c(C)c1O)CCC(C)(CCCN1CCSCC1)O2. The molecule has 0 spiro atoms. The number of hydrogen-bond donors (Lipinski definition) is 1. The molecule has 1 fully saturated rings. The van der Waals surface area contributed by atoms with Gasteiger partial charge in [0.25, 0.3) is 0 Å². The molecule has 0 radical (unpaired) electrons. The number of aromatic hydroxyl groups is 1. The largest absolute Gasteiger partial charge is 0.507 e. The van der Waals surface area contributed by atoms with Gasteiger partial charge in [-0.15, -0.1) is 0 Å². The van der Waals surface area contributed by atoms with E-state index in [1.165, 1.54) is 43.1 Å². The summed E-state index contributed by atoms with van der Waals surface area (Å²) in [5, 5.41) is 10.3. The van der Waals surface area contributed by atoms with Crippen LogP contribution in [-0.4, -0.2) is 46.7 Å². The average molecular weight is 350 g/mol. The molecule has 0 aliphatic carbocycles.